The number of carbonyl (C=O) groups excluding carboxylic acids is 2. The zero-order valence-electron chi connectivity index (χ0n) is 16.8. The van der Waals surface area contributed by atoms with Crippen molar-refractivity contribution in [1.82, 2.24) is 9.55 Å². The Morgan fingerprint density at radius 3 is 3.10 bits per heavy atom. The average molecular weight is 291 g/mol. The standard InChI is InChI=1S/C15H15N3O3/c1-8-17-11-4-2-3-10(16)14(11)15(21)18(8)12-6-5-9(19)7-13(12)20/h2-4,12H,5-7,16H2,1H3/i1D3,3D,6D,12D. The molecule has 1 aliphatic carbocycles. The van der Waals surface area contributed by atoms with Crippen molar-refractivity contribution in [2.24, 2.45) is 0 Å². The maximum absolute atomic E-state index is 13.1. The molecule has 1 aromatic carbocycles. The van der Waals surface area contributed by atoms with E-state index in [1.165, 1.54) is 12.1 Å². The van der Waals surface area contributed by atoms with Crippen molar-refractivity contribution < 1.29 is 17.8 Å². The van der Waals surface area contributed by atoms with Crippen molar-refractivity contribution in [2.45, 2.75) is 32.1 Å². The average Bonchev–Trinajstić information content (AvgIpc) is 2.54. The molecule has 0 bridgehead atoms. The molecule has 0 saturated heterocycles. The lowest BCUT2D eigenvalue weighted by atomic mass is 9.92. The molecule has 2 aromatic rings. The van der Waals surface area contributed by atoms with Crippen LogP contribution in [0.2, 0.25) is 0 Å². The molecule has 21 heavy (non-hydrogen) atoms. The third-order valence-corrected chi connectivity index (χ3v) is 3.27. The third-order valence-electron chi connectivity index (χ3n) is 3.27. The maximum atomic E-state index is 13.1. The van der Waals surface area contributed by atoms with Gasteiger partial charge in [0, 0.05) is 17.6 Å². The lowest BCUT2D eigenvalue weighted by Gasteiger charge is -2.24. The number of aromatic nitrogens is 2. The molecule has 1 fully saturated rings. The van der Waals surface area contributed by atoms with E-state index < -0.39 is 55.1 Å². The minimum atomic E-state index is -2.97. The van der Waals surface area contributed by atoms with Gasteiger partial charge in [0.25, 0.3) is 5.56 Å². The lowest BCUT2D eigenvalue weighted by Crippen LogP contribution is -2.36. The zero-order valence-corrected chi connectivity index (χ0v) is 10.8. The van der Waals surface area contributed by atoms with Gasteiger partial charge >= 0.3 is 0 Å². The fourth-order valence-corrected chi connectivity index (χ4v) is 2.30. The van der Waals surface area contributed by atoms with E-state index in [1.807, 2.05) is 0 Å². The molecular formula is C15H15N3O3. The van der Waals surface area contributed by atoms with Crippen LogP contribution in [0.3, 0.4) is 0 Å². The molecule has 0 amide bonds. The van der Waals surface area contributed by atoms with Crippen LogP contribution in [0, 0.1) is 6.85 Å². The van der Waals surface area contributed by atoms with Crippen LogP contribution in [0.15, 0.2) is 23.0 Å². The molecule has 1 aliphatic rings. The number of carbonyl (C=O) groups is 2. The first-order valence-corrected chi connectivity index (χ1v) is 6.19. The fraction of sp³-hybridized carbons (Fsp3) is 0.333. The molecule has 2 unspecified atom stereocenters. The predicted octanol–water partition coefficient (Wildman–Crippen LogP) is 1.15. The number of nitrogens with zero attached hydrogens (tertiary/aromatic N) is 2. The molecule has 0 aliphatic heterocycles. The molecule has 2 N–H and O–H groups in total. The van der Waals surface area contributed by atoms with Crippen molar-refractivity contribution in [3.05, 3.63) is 34.4 Å². The number of Topliss-reactive ketones (excluding diaryl/α,β-unsaturated/α-hetero) is 2. The Balaban J connectivity index is 2.49. The fourth-order valence-electron chi connectivity index (χ4n) is 2.30. The summed E-state index contributed by atoms with van der Waals surface area (Å²) in [5.74, 6) is -2.46. The number of aryl methyl sites for hydroxylation is 1. The number of nitrogens with two attached hydrogens (primary N) is 1. The normalized spacial score (nSPS) is 31.0. The zero-order chi connectivity index (χ0) is 20.3. The summed E-state index contributed by atoms with van der Waals surface area (Å²) in [5.41, 5.74) is 4.30. The van der Waals surface area contributed by atoms with Gasteiger partial charge < -0.3 is 5.73 Å². The van der Waals surface area contributed by atoms with Crippen molar-refractivity contribution in [3.8, 4) is 0 Å². The van der Waals surface area contributed by atoms with Crippen LogP contribution < -0.4 is 11.3 Å². The largest absolute Gasteiger partial charge is 0.398 e. The van der Waals surface area contributed by atoms with Gasteiger partial charge in [0.05, 0.1) is 26.1 Å². The van der Waals surface area contributed by atoms with E-state index in [4.69, 9.17) is 14.0 Å². The Hall–Kier alpha value is -2.50. The van der Waals surface area contributed by atoms with E-state index in [9.17, 15) is 14.4 Å². The quantitative estimate of drug-likeness (QED) is 0.628. The second kappa shape index (κ2) is 4.80. The second-order valence-corrected chi connectivity index (χ2v) is 4.66. The molecule has 0 spiro atoms. The SMILES string of the molecule is [2H]c1ccc2nc(C([2H])([2H])[2H])n(C3([2H])C(=O)CC(=O)CC3[2H])c(=O)c2c1N. The number of benzene rings is 1. The Bertz CT molecular complexity index is 1050. The number of fused-ring (bicyclic) bond motifs is 1. The van der Waals surface area contributed by atoms with Gasteiger partial charge in [-0.15, -0.1) is 0 Å². The topological polar surface area (TPSA) is 95.0 Å². The highest BCUT2D eigenvalue weighted by Gasteiger charge is 2.30. The van der Waals surface area contributed by atoms with E-state index in [0.29, 0.717) is 4.57 Å². The summed E-state index contributed by atoms with van der Waals surface area (Å²) in [5, 5.41) is -0.306. The number of hydrogen-bond acceptors (Lipinski definition) is 5. The lowest BCUT2D eigenvalue weighted by molar-refractivity contribution is -0.132. The van der Waals surface area contributed by atoms with Crippen LogP contribution in [0.25, 0.3) is 10.9 Å². The predicted molar refractivity (Wildman–Crippen MR) is 78.1 cm³/mol. The number of nitrogen functional groups attached to an aromatic ring is 1. The van der Waals surface area contributed by atoms with Gasteiger partial charge in [0.15, 0.2) is 5.78 Å². The Kier molecular flexibility index (Phi) is 1.84. The molecule has 1 saturated carbocycles. The number of rotatable bonds is 1. The highest BCUT2D eigenvalue weighted by molar-refractivity contribution is 6.03. The van der Waals surface area contributed by atoms with Crippen LogP contribution in [0.5, 0.6) is 0 Å². The molecule has 0 radical (unpaired) electrons. The molecule has 108 valence electrons. The van der Waals surface area contributed by atoms with Crippen LogP contribution >= 0.6 is 0 Å². The van der Waals surface area contributed by atoms with E-state index >= 15 is 0 Å². The Labute approximate surface area is 129 Å². The highest BCUT2D eigenvalue weighted by atomic mass is 16.2. The van der Waals surface area contributed by atoms with Crippen molar-refractivity contribution in [3.63, 3.8) is 0 Å². The van der Waals surface area contributed by atoms with Gasteiger partial charge in [-0.05, 0) is 25.4 Å². The van der Waals surface area contributed by atoms with E-state index in [2.05, 4.69) is 4.98 Å². The van der Waals surface area contributed by atoms with Gasteiger partial charge in [0.1, 0.15) is 11.6 Å². The first-order chi connectivity index (χ1) is 12.4. The van der Waals surface area contributed by atoms with Gasteiger partial charge in [-0.3, -0.25) is 19.0 Å². The minimum Gasteiger partial charge on any atom is -0.398 e. The second-order valence-electron chi connectivity index (χ2n) is 4.66. The highest BCUT2D eigenvalue weighted by Crippen LogP contribution is 2.24. The van der Waals surface area contributed by atoms with Crippen LogP contribution in [0.4, 0.5) is 5.69 Å². The molecule has 1 heterocycles. The van der Waals surface area contributed by atoms with Crippen LogP contribution in [-0.4, -0.2) is 21.1 Å². The van der Waals surface area contributed by atoms with Gasteiger partial charge in [-0.1, -0.05) is 6.07 Å². The Morgan fingerprint density at radius 1 is 1.57 bits per heavy atom. The van der Waals surface area contributed by atoms with E-state index in [-0.39, 0.29) is 22.6 Å². The van der Waals surface area contributed by atoms with E-state index in [1.54, 1.807) is 0 Å². The first kappa shape index (κ1) is 8.07. The van der Waals surface area contributed by atoms with Crippen molar-refractivity contribution in [2.75, 3.05) is 5.73 Å². The molecule has 2 atom stereocenters. The maximum Gasteiger partial charge on any atom is 0.264 e. The molecule has 6 nitrogen and oxygen atoms in total. The van der Waals surface area contributed by atoms with E-state index in [0.717, 1.165) is 0 Å². The van der Waals surface area contributed by atoms with Gasteiger partial charge in [0.2, 0.25) is 0 Å². The molecule has 6 heteroatoms. The van der Waals surface area contributed by atoms with Gasteiger partial charge in [-0.25, -0.2) is 4.98 Å². The summed E-state index contributed by atoms with van der Waals surface area (Å²) < 4.78 is 47.7. The number of hydrogen-bond donors (Lipinski definition) is 1. The molecular weight excluding hydrogens is 270 g/mol. The first-order valence-electron chi connectivity index (χ1n) is 9.26. The summed E-state index contributed by atoms with van der Waals surface area (Å²) in [7, 11) is 0. The van der Waals surface area contributed by atoms with Crippen molar-refractivity contribution in [1.29, 1.82) is 0 Å². The molecule has 3 rings (SSSR count). The van der Waals surface area contributed by atoms with Crippen LogP contribution in [-0.2, 0) is 9.59 Å². The molecule has 1 aromatic heterocycles. The summed E-state index contributed by atoms with van der Waals surface area (Å²) in [4.78, 5) is 41.1. The summed E-state index contributed by atoms with van der Waals surface area (Å²) in [6.07, 6.45) is -2.85. The monoisotopic (exact) mass is 291 g/mol. The summed E-state index contributed by atoms with van der Waals surface area (Å²) >= 11 is 0. The minimum absolute atomic E-state index is 0.0969. The third kappa shape index (κ3) is 2.12. The number of anilines is 1. The smallest absolute Gasteiger partial charge is 0.264 e. The van der Waals surface area contributed by atoms with Crippen molar-refractivity contribution >= 4 is 28.2 Å². The van der Waals surface area contributed by atoms with Gasteiger partial charge in [-0.2, -0.15) is 0 Å². The van der Waals surface area contributed by atoms with Crippen LogP contribution in [0.1, 0.15) is 39.3 Å². The summed E-state index contributed by atoms with van der Waals surface area (Å²) in [6, 6.07) is -0.358. The Morgan fingerprint density at radius 2 is 2.38 bits per heavy atom. The number of ketones is 2. The summed E-state index contributed by atoms with van der Waals surface area (Å²) in [6.45, 7) is -2.97.